The lowest BCUT2D eigenvalue weighted by Gasteiger charge is -2.12. The van der Waals surface area contributed by atoms with E-state index in [2.05, 4.69) is 15.5 Å². The van der Waals surface area contributed by atoms with Crippen molar-refractivity contribution < 1.29 is 27.9 Å². The van der Waals surface area contributed by atoms with E-state index in [4.69, 9.17) is 15.3 Å². The second kappa shape index (κ2) is 9.87. The Morgan fingerprint density at radius 3 is 2.65 bits per heavy atom. The quantitative estimate of drug-likeness (QED) is 0.320. The van der Waals surface area contributed by atoms with E-state index >= 15 is 0 Å². The first kappa shape index (κ1) is 24.8. The van der Waals surface area contributed by atoms with Crippen LogP contribution < -0.4 is 15.8 Å². The van der Waals surface area contributed by atoms with Gasteiger partial charge >= 0.3 is 0 Å². The van der Waals surface area contributed by atoms with Crippen LogP contribution in [0, 0.1) is 6.92 Å². The number of aryl methyl sites for hydroxylation is 1. The SMILES string of the molecule is COc1ccccc1C1=NOC(C(=O)Nc2c(C(N)=O)sc3nc(C(F)F)cc(-c4ccc(C)s4)c23)C1. The molecule has 0 spiro atoms. The van der Waals surface area contributed by atoms with Gasteiger partial charge in [-0.1, -0.05) is 17.3 Å². The number of carbonyl (C=O) groups is 2. The van der Waals surface area contributed by atoms with Gasteiger partial charge in [0.25, 0.3) is 18.2 Å². The molecule has 37 heavy (non-hydrogen) atoms. The number of alkyl halides is 2. The van der Waals surface area contributed by atoms with Crippen molar-refractivity contribution in [1.29, 1.82) is 0 Å². The van der Waals surface area contributed by atoms with E-state index in [1.165, 1.54) is 24.5 Å². The number of thiophene rings is 2. The van der Waals surface area contributed by atoms with Crippen molar-refractivity contribution in [3.63, 3.8) is 0 Å². The van der Waals surface area contributed by atoms with E-state index in [0.29, 0.717) is 32.9 Å². The molecule has 2 amide bonds. The van der Waals surface area contributed by atoms with E-state index in [1.807, 2.05) is 25.1 Å². The number of para-hydroxylation sites is 1. The molecule has 0 aliphatic carbocycles. The van der Waals surface area contributed by atoms with Crippen molar-refractivity contribution in [3.05, 3.63) is 63.5 Å². The molecule has 1 aliphatic rings. The van der Waals surface area contributed by atoms with E-state index < -0.39 is 30.0 Å². The van der Waals surface area contributed by atoms with Crippen LogP contribution in [0.25, 0.3) is 20.7 Å². The minimum Gasteiger partial charge on any atom is -0.496 e. The molecule has 4 heterocycles. The lowest BCUT2D eigenvalue weighted by atomic mass is 10.0. The summed E-state index contributed by atoms with van der Waals surface area (Å²) in [7, 11) is 1.53. The number of nitrogens with two attached hydrogens (primary N) is 1. The summed E-state index contributed by atoms with van der Waals surface area (Å²) in [6.45, 7) is 1.89. The highest BCUT2D eigenvalue weighted by Gasteiger charge is 2.33. The van der Waals surface area contributed by atoms with E-state index in [1.54, 1.807) is 18.2 Å². The zero-order valence-electron chi connectivity index (χ0n) is 19.6. The van der Waals surface area contributed by atoms with Crippen LogP contribution in [0.2, 0.25) is 0 Å². The normalized spacial score (nSPS) is 15.1. The number of ether oxygens (including phenoxy) is 1. The van der Waals surface area contributed by atoms with Crippen molar-refractivity contribution in [2.75, 3.05) is 12.4 Å². The Bertz CT molecular complexity index is 1560. The van der Waals surface area contributed by atoms with Gasteiger partial charge in [-0.2, -0.15) is 0 Å². The number of nitrogens with one attached hydrogen (secondary N) is 1. The van der Waals surface area contributed by atoms with Gasteiger partial charge in [0, 0.05) is 32.7 Å². The van der Waals surface area contributed by atoms with E-state index in [0.717, 1.165) is 16.2 Å². The molecule has 4 aromatic rings. The summed E-state index contributed by atoms with van der Waals surface area (Å²) in [4.78, 5) is 36.9. The Hall–Kier alpha value is -3.90. The third kappa shape index (κ3) is 4.65. The summed E-state index contributed by atoms with van der Waals surface area (Å²) in [6, 6.07) is 12.1. The van der Waals surface area contributed by atoms with Crippen LogP contribution in [0.5, 0.6) is 5.75 Å². The van der Waals surface area contributed by atoms with E-state index in [-0.39, 0.29) is 21.8 Å². The second-order valence-corrected chi connectivity index (χ2v) is 10.5. The number of aromatic nitrogens is 1. The molecule has 0 saturated heterocycles. The van der Waals surface area contributed by atoms with Crippen LogP contribution in [0.4, 0.5) is 14.5 Å². The number of amides is 2. The topological polar surface area (TPSA) is 116 Å². The fraction of sp³-hybridized carbons (Fsp3) is 0.200. The molecule has 1 atom stereocenters. The summed E-state index contributed by atoms with van der Waals surface area (Å²) in [5, 5.41) is 7.16. The standard InChI is InChI=1S/C25H20F2N4O4S2/c1-11-7-8-18(36-11)13-9-15(22(26)27)29-25-19(13)20(21(37-25)23(28)32)30-24(33)17-10-14(31-35-17)12-5-3-4-6-16(12)34-2/h3-9,17,22H,10H2,1-2H3,(H2,28,32)(H,30,33). The first-order chi connectivity index (χ1) is 17.8. The predicted molar refractivity (Wildman–Crippen MR) is 139 cm³/mol. The van der Waals surface area contributed by atoms with Gasteiger partial charge in [0.05, 0.1) is 18.5 Å². The largest absolute Gasteiger partial charge is 0.496 e. The first-order valence-corrected chi connectivity index (χ1v) is 12.7. The molecule has 0 radical (unpaired) electrons. The predicted octanol–water partition coefficient (Wildman–Crippen LogP) is 5.51. The molecule has 1 aromatic carbocycles. The molecule has 3 aromatic heterocycles. The highest BCUT2D eigenvalue weighted by atomic mass is 32.1. The van der Waals surface area contributed by atoms with Crippen LogP contribution >= 0.6 is 22.7 Å². The number of anilines is 1. The number of fused-ring (bicyclic) bond motifs is 1. The maximum absolute atomic E-state index is 13.7. The smallest absolute Gasteiger partial charge is 0.280 e. The number of hydrogen-bond donors (Lipinski definition) is 2. The Morgan fingerprint density at radius 1 is 1.19 bits per heavy atom. The Kier molecular flexibility index (Phi) is 6.61. The summed E-state index contributed by atoms with van der Waals surface area (Å²) in [5.74, 6) is -0.798. The fourth-order valence-electron chi connectivity index (χ4n) is 4.06. The zero-order chi connectivity index (χ0) is 26.3. The molecule has 12 heteroatoms. The van der Waals surface area contributed by atoms with Gasteiger partial charge in [-0.3, -0.25) is 9.59 Å². The Balaban J connectivity index is 1.53. The lowest BCUT2D eigenvalue weighted by Crippen LogP contribution is -2.29. The highest BCUT2D eigenvalue weighted by Crippen LogP contribution is 2.44. The maximum atomic E-state index is 13.7. The number of hydrogen-bond acceptors (Lipinski definition) is 8. The van der Waals surface area contributed by atoms with Crippen molar-refractivity contribution in [3.8, 4) is 16.2 Å². The van der Waals surface area contributed by atoms with E-state index in [9.17, 15) is 18.4 Å². The third-order valence-corrected chi connectivity index (χ3v) is 7.89. The number of nitrogens with zero attached hydrogens (tertiary/aromatic N) is 2. The average molecular weight is 543 g/mol. The van der Waals surface area contributed by atoms with Gasteiger partial charge < -0.3 is 20.6 Å². The molecule has 1 aliphatic heterocycles. The van der Waals surface area contributed by atoms with Gasteiger partial charge in [0.2, 0.25) is 6.10 Å². The summed E-state index contributed by atoms with van der Waals surface area (Å²) in [5.41, 5.74) is 6.93. The van der Waals surface area contributed by atoms with Crippen LogP contribution in [-0.4, -0.2) is 35.7 Å². The zero-order valence-corrected chi connectivity index (χ0v) is 21.2. The summed E-state index contributed by atoms with van der Waals surface area (Å²) in [6.07, 6.45) is -3.65. The summed E-state index contributed by atoms with van der Waals surface area (Å²) >= 11 is 2.25. The van der Waals surface area contributed by atoms with Crippen molar-refractivity contribution in [2.45, 2.75) is 25.9 Å². The molecule has 0 saturated carbocycles. The average Bonchev–Trinajstić information content (AvgIpc) is 3.62. The van der Waals surface area contributed by atoms with Crippen molar-refractivity contribution >= 4 is 56.1 Å². The third-order valence-electron chi connectivity index (χ3n) is 5.76. The van der Waals surface area contributed by atoms with Crippen LogP contribution in [0.1, 0.15) is 38.7 Å². The van der Waals surface area contributed by atoms with Gasteiger partial charge in [0.1, 0.15) is 21.2 Å². The number of oxime groups is 1. The number of benzene rings is 1. The molecule has 5 rings (SSSR count). The van der Waals surface area contributed by atoms with Crippen molar-refractivity contribution in [2.24, 2.45) is 10.9 Å². The number of methoxy groups -OCH3 is 1. The van der Waals surface area contributed by atoms with Gasteiger partial charge in [0.15, 0.2) is 0 Å². The molecule has 0 fully saturated rings. The number of carbonyl (C=O) groups excluding carboxylic acids is 2. The highest BCUT2D eigenvalue weighted by molar-refractivity contribution is 7.21. The minimum absolute atomic E-state index is 0.000613. The molecule has 190 valence electrons. The minimum atomic E-state index is -2.82. The molecule has 3 N–H and O–H groups in total. The maximum Gasteiger partial charge on any atom is 0.280 e. The molecular formula is C25H20F2N4O4S2. The second-order valence-electron chi connectivity index (χ2n) is 8.18. The van der Waals surface area contributed by atoms with Crippen LogP contribution in [0.15, 0.2) is 47.6 Å². The van der Waals surface area contributed by atoms with Gasteiger partial charge in [-0.05, 0) is 37.3 Å². The van der Waals surface area contributed by atoms with Gasteiger partial charge in [-0.15, -0.1) is 22.7 Å². The Labute approximate surface area is 217 Å². The van der Waals surface area contributed by atoms with Crippen LogP contribution in [0.3, 0.4) is 0 Å². The first-order valence-electron chi connectivity index (χ1n) is 11.1. The number of primary amides is 1. The Morgan fingerprint density at radius 2 is 1.97 bits per heavy atom. The molecule has 0 bridgehead atoms. The molecule has 1 unspecified atom stereocenters. The monoisotopic (exact) mass is 542 g/mol. The fourth-order valence-corrected chi connectivity index (χ4v) is 5.96. The van der Waals surface area contributed by atoms with Gasteiger partial charge in [-0.25, -0.2) is 13.8 Å². The number of rotatable bonds is 7. The number of halogens is 2. The molecule has 8 nitrogen and oxygen atoms in total. The lowest BCUT2D eigenvalue weighted by molar-refractivity contribution is -0.125. The molecular weight excluding hydrogens is 522 g/mol. The van der Waals surface area contributed by atoms with Crippen LogP contribution in [-0.2, 0) is 9.63 Å². The number of pyridine rings is 1. The summed E-state index contributed by atoms with van der Waals surface area (Å²) < 4.78 is 32.7. The van der Waals surface area contributed by atoms with Crippen molar-refractivity contribution in [1.82, 2.24) is 4.98 Å².